The molecule has 2 rings (SSSR count). The van der Waals surface area contributed by atoms with E-state index in [1.165, 1.54) is 0 Å². The van der Waals surface area contributed by atoms with Crippen molar-refractivity contribution in [2.45, 2.75) is 6.42 Å². The van der Waals surface area contributed by atoms with Crippen molar-refractivity contribution < 1.29 is 4.74 Å². The number of hydrogen-bond acceptors (Lipinski definition) is 4. The lowest BCUT2D eigenvalue weighted by Crippen LogP contribution is -2.15. The number of hydrogen-bond donors (Lipinski definition) is 0. The van der Waals surface area contributed by atoms with Crippen LogP contribution < -0.4 is 4.74 Å². The molecule has 0 radical (unpaired) electrons. The second kappa shape index (κ2) is 6.85. The second-order valence-corrected chi connectivity index (χ2v) is 4.61. The number of aromatic nitrogens is 2. The van der Waals surface area contributed by atoms with Crippen LogP contribution in [0.3, 0.4) is 0 Å². The van der Waals surface area contributed by atoms with Crippen LogP contribution in [-0.4, -0.2) is 42.1 Å². The van der Waals surface area contributed by atoms with Crippen LogP contribution >= 0.6 is 0 Å². The van der Waals surface area contributed by atoms with Gasteiger partial charge in [-0.05, 0) is 20.5 Å². The van der Waals surface area contributed by atoms with Crippen LogP contribution in [0.25, 0.3) is 11.4 Å². The molecule has 0 aliphatic carbocycles. The van der Waals surface area contributed by atoms with E-state index in [9.17, 15) is 0 Å². The molecule has 0 amide bonds. The van der Waals surface area contributed by atoms with Gasteiger partial charge in [-0.25, -0.2) is 9.97 Å². The van der Waals surface area contributed by atoms with Gasteiger partial charge in [0.1, 0.15) is 0 Å². The van der Waals surface area contributed by atoms with Crippen molar-refractivity contribution in [2.75, 3.05) is 27.2 Å². The van der Waals surface area contributed by atoms with Gasteiger partial charge in [0.05, 0.1) is 19.0 Å². The average Bonchev–Trinajstić information content (AvgIpc) is 2.45. The minimum Gasteiger partial charge on any atom is -0.490 e. The lowest BCUT2D eigenvalue weighted by Gasteiger charge is -2.10. The quantitative estimate of drug-likeness (QED) is 0.745. The lowest BCUT2D eigenvalue weighted by molar-refractivity contribution is 0.280. The molecule has 19 heavy (non-hydrogen) atoms. The second-order valence-electron chi connectivity index (χ2n) is 4.61. The van der Waals surface area contributed by atoms with Crippen molar-refractivity contribution in [2.24, 2.45) is 0 Å². The van der Waals surface area contributed by atoms with Crippen LogP contribution in [0.2, 0.25) is 0 Å². The van der Waals surface area contributed by atoms with E-state index in [0.717, 1.165) is 30.1 Å². The molecule has 0 saturated heterocycles. The maximum absolute atomic E-state index is 5.60. The lowest BCUT2D eigenvalue weighted by atomic mass is 10.2. The van der Waals surface area contributed by atoms with E-state index in [1.807, 2.05) is 30.3 Å². The highest BCUT2D eigenvalue weighted by molar-refractivity contribution is 5.54. The Kier molecular flexibility index (Phi) is 4.86. The van der Waals surface area contributed by atoms with Gasteiger partial charge >= 0.3 is 0 Å². The summed E-state index contributed by atoms with van der Waals surface area (Å²) in [5.41, 5.74) is 1.02. The third kappa shape index (κ3) is 4.34. The number of ether oxygens (including phenoxy) is 1. The third-order valence-electron chi connectivity index (χ3n) is 2.68. The van der Waals surface area contributed by atoms with Crippen LogP contribution in [0.15, 0.2) is 42.7 Å². The maximum atomic E-state index is 5.60. The van der Waals surface area contributed by atoms with Crippen LogP contribution in [-0.2, 0) is 0 Å². The van der Waals surface area contributed by atoms with Gasteiger partial charge in [-0.1, -0.05) is 30.3 Å². The first-order chi connectivity index (χ1) is 9.25. The fourth-order valence-electron chi connectivity index (χ4n) is 1.70. The molecular weight excluding hydrogens is 238 g/mol. The van der Waals surface area contributed by atoms with Crippen molar-refractivity contribution in [3.8, 4) is 17.1 Å². The van der Waals surface area contributed by atoms with Crippen molar-refractivity contribution in [3.05, 3.63) is 42.7 Å². The monoisotopic (exact) mass is 257 g/mol. The minimum absolute atomic E-state index is 0.687. The molecule has 0 spiro atoms. The molecule has 0 aliphatic heterocycles. The van der Waals surface area contributed by atoms with Gasteiger partial charge in [0, 0.05) is 12.1 Å². The highest BCUT2D eigenvalue weighted by Gasteiger charge is 2.01. The van der Waals surface area contributed by atoms with E-state index in [-0.39, 0.29) is 0 Å². The fourth-order valence-corrected chi connectivity index (χ4v) is 1.70. The SMILES string of the molecule is CN(C)CCCOc1cnc(-c2ccccc2)nc1. The molecule has 4 heteroatoms. The molecule has 0 unspecified atom stereocenters. The van der Waals surface area contributed by atoms with Crippen LogP contribution in [0.4, 0.5) is 0 Å². The Morgan fingerprint density at radius 2 is 1.74 bits per heavy atom. The summed E-state index contributed by atoms with van der Waals surface area (Å²) < 4.78 is 5.60. The third-order valence-corrected chi connectivity index (χ3v) is 2.68. The average molecular weight is 257 g/mol. The Balaban J connectivity index is 1.88. The summed E-state index contributed by atoms with van der Waals surface area (Å²) >= 11 is 0. The van der Waals surface area contributed by atoms with Crippen molar-refractivity contribution in [3.63, 3.8) is 0 Å². The van der Waals surface area contributed by atoms with Gasteiger partial charge in [-0.3, -0.25) is 0 Å². The highest BCUT2D eigenvalue weighted by Crippen LogP contribution is 2.15. The summed E-state index contributed by atoms with van der Waals surface area (Å²) in [6.45, 7) is 1.70. The molecule has 1 heterocycles. The van der Waals surface area contributed by atoms with Crippen molar-refractivity contribution in [1.29, 1.82) is 0 Å². The summed E-state index contributed by atoms with van der Waals surface area (Å²) in [6, 6.07) is 9.92. The molecule has 0 bridgehead atoms. The summed E-state index contributed by atoms with van der Waals surface area (Å²) in [5, 5.41) is 0. The Hall–Kier alpha value is -1.94. The van der Waals surface area contributed by atoms with Crippen molar-refractivity contribution in [1.82, 2.24) is 14.9 Å². The highest BCUT2D eigenvalue weighted by atomic mass is 16.5. The van der Waals surface area contributed by atoms with Gasteiger partial charge in [0.15, 0.2) is 11.6 Å². The number of nitrogens with zero attached hydrogens (tertiary/aromatic N) is 3. The summed E-state index contributed by atoms with van der Waals surface area (Å²) in [5.74, 6) is 1.44. The number of rotatable bonds is 6. The standard InChI is InChI=1S/C15H19N3O/c1-18(2)9-6-10-19-14-11-16-15(17-12-14)13-7-4-3-5-8-13/h3-5,7-8,11-12H,6,9-10H2,1-2H3. The molecule has 0 aliphatic rings. The largest absolute Gasteiger partial charge is 0.490 e. The van der Waals surface area contributed by atoms with Crippen LogP contribution in [0.1, 0.15) is 6.42 Å². The molecule has 0 saturated carbocycles. The van der Waals surface area contributed by atoms with Gasteiger partial charge in [0.25, 0.3) is 0 Å². The molecule has 0 N–H and O–H groups in total. The molecular formula is C15H19N3O. The van der Waals surface area contributed by atoms with E-state index in [2.05, 4.69) is 29.0 Å². The van der Waals surface area contributed by atoms with E-state index in [1.54, 1.807) is 12.4 Å². The molecule has 0 atom stereocenters. The maximum Gasteiger partial charge on any atom is 0.159 e. The molecule has 2 aromatic rings. The van der Waals surface area contributed by atoms with Gasteiger partial charge in [-0.15, -0.1) is 0 Å². The molecule has 1 aromatic heterocycles. The van der Waals surface area contributed by atoms with Crippen molar-refractivity contribution >= 4 is 0 Å². The first-order valence-corrected chi connectivity index (χ1v) is 6.41. The van der Waals surface area contributed by atoms with E-state index < -0.39 is 0 Å². The normalized spacial score (nSPS) is 10.7. The molecule has 1 aromatic carbocycles. The first-order valence-electron chi connectivity index (χ1n) is 6.41. The zero-order valence-electron chi connectivity index (χ0n) is 11.4. The minimum atomic E-state index is 0.687. The fraction of sp³-hybridized carbons (Fsp3) is 0.333. The smallest absolute Gasteiger partial charge is 0.159 e. The van der Waals surface area contributed by atoms with Gasteiger partial charge in [-0.2, -0.15) is 0 Å². The van der Waals surface area contributed by atoms with E-state index in [4.69, 9.17) is 4.74 Å². The summed E-state index contributed by atoms with van der Waals surface area (Å²) in [7, 11) is 4.11. The van der Waals surface area contributed by atoms with E-state index >= 15 is 0 Å². The van der Waals surface area contributed by atoms with Gasteiger partial charge in [0.2, 0.25) is 0 Å². The van der Waals surface area contributed by atoms with E-state index in [0.29, 0.717) is 6.61 Å². The Morgan fingerprint density at radius 1 is 1.05 bits per heavy atom. The molecule has 0 fully saturated rings. The zero-order chi connectivity index (χ0) is 13.5. The zero-order valence-corrected chi connectivity index (χ0v) is 11.4. The summed E-state index contributed by atoms with van der Waals surface area (Å²) in [6.07, 6.45) is 4.45. The molecule has 4 nitrogen and oxygen atoms in total. The topological polar surface area (TPSA) is 38.2 Å². The summed E-state index contributed by atoms with van der Waals surface area (Å²) in [4.78, 5) is 10.8. The number of benzene rings is 1. The van der Waals surface area contributed by atoms with Crippen LogP contribution in [0, 0.1) is 0 Å². The Bertz CT molecular complexity index is 483. The Morgan fingerprint density at radius 3 is 2.37 bits per heavy atom. The first kappa shape index (κ1) is 13.5. The predicted molar refractivity (Wildman–Crippen MR) is 76.1 cm³/mol. The van der Waals surface area contributed by atoms with Gasteiger partial charge < -0.3 is 9.64 Å². The predicted octanol–water partition coefficient (Wildman–Crippen LogP) is 2.47. The molecule has 100 valence electrons. The van der Waals surface area contributed by atoms with Crippen LogP contribution in [0.5, 0.6) is 5.75 Å². The Labute approximate surface area is 114 Å².